The summed E-state index contributed by atoms with van der Waals surface area (Å²) in [4.78, 5) is 0. The minimum atomic E-state index is 1.04. The molecule has 66 valence electrons. The monoisotopic (exact) mass is 171 g/mol. The Morgan fingerprint density at radius 3 is 2.69 bits per heavy atom. The summed E-state index contributed by atoms with van der Waals surface area (Å²) in [7, 11) is 0. The maximum atomic E-state index is 2.18. The summed E-state index contributed by atoms with van der Waals surface area (Å²) in [5, 5.41) is 0. The highest BCUT2D eigenvalue weighted by Crippen LogP contribution is 2.18. The van der Waals surface area contributed by atoms with Gasteiger partial charge in [-0.1, -0.05) is 18.2 Å². The van der Waals surface area contributed by atoms with Gasteiger partial charge in [0.15, 0.2) is 0 Å². The van der Waals surface area contributed by atoms with E-state index in [2.05, 4.69) is 48.2 Å². The van der Waals surface area contributed by atoms with Gasteiger partial charge in [-0.2, -0.15) is 0 Å². The molecule has 0 saturated carbocycles. The first kappa shape index (κ1) is 8.11. The zero-order valence-corrected chi connectivity index (χ0v) is 7.77. The van der Waals surface area contributed by atoms with Crippen molar-refractivity contribution in [1.82, 2.24) is 4.57 Å². The van der Waals surface area contributed by atoms with Crippen LogP contribution in [-0.4, -0.2) is 4.57 Å². The third-order valence-corrected chi connectivity index (χ3v) is 2.25. The van der Waals surface area contributed by atoms with Gasteiger partial charge in [-0.15, -0.1) is 0 Å². The van der Waals surface area contributed by atoms with Crippen LogP contribution in [0.4, 0.5) is 0 Å². The molecule has 1 heterocycles. The summed E-state index contributed by atoms with van der Waals surface area (Å²) in [5.41, 5.74) is 2.69. The van der Waals surface area contributed by atoms with E-state index in [1.165, 1.54) is 11.3 Å². The van der Waals surface area contributed by atoms with Crippen LogP contribution in [0, 0.1) is 0 Å². The average molecular weight is 171 g/mol. The van der Waals surface area contributed by atoms with E-state index in [0.717, 1.165) is 6.42 Å². The molecule has 0 aromatic carbocycles. The largest absolute Gasteiger partial charge is 0.324 e. The van der Waals surface area contributed by atoms with Gasteiger partial charge in [0.05, 0.1) is 0 Å². The molecule has 0 fully saturated rings. The van der Waals surface area contributed by atoms with Crippen molar-refractivity contribution < 1.29 is 0 Å². The third kappa shape index (κ3) is 1.64. The highest BCUT2D eigenvalue weighted by molar-refractivity contribution is 5.62. The van der Waals surface area contributed by atoms with Crippen LogP contribution in [0.1, 0.15) is 13.3 Å². The number of hydrogen-bond donors (Lipinski definition) is 0. The molecule has 0 saturated heterocycles. The van der Waals surface area contributed by atoms with E-state index in [1.54, 1.807) is 0 Å². The Hall–Kier alpha value is -1.50. The van der Waals surface area contributed by atoms with Crippen molar-refractivity contribution in [2.75, 3.05) is 0 Å². The molecular formula is C12H13N. The van der Waals surface area contributed by atoms with Gasteiger partial charge in [0.2, 0.25) is 0 Å². The number of nitrogens with zero attached hydrogens (tertiary/aromatic N) is 1. The van der Waals surface area contributed by atoms with Gasteiger partial charge in [-0.3, -0.25) is 0 Å². The fourth-order valence-electron chi connectivity index (χ4n) is 1.52. The summed E-state index contributed by atoms with van der Waals surface area (Å²) in [6.45, 7) is 2.18. The predicted molar refractivity (Wildman–Crippen MR) is 56.2 cm³/mol. The molecule has 0 spiro atoms. The van der Waals surface area contributed by atoms with Crippen molar-refractivity contribution in [3.05, 3.63) is 54.4 Å². The smallest absolute Gasteiger partial charge is 0.0441 e. The van der Waals surface area contributed by atoms with E-state index < -0.39 is 0 Å². The van der Waals surface area contributed by atoms with Gasteiger partial charge in [0, 0.05) is 18.1 Å². The zero-order valence-electron chi connectivity index (χ0n) is 7.77. The quantitative estimate of drug-likeness (QED) is 0.611. The van der Waals surface area contributed by atoms with E-state index >= 15 is 0 Å². The minimum absolute atomic E-state index is 1.04. The van der Waals surface area contributed by atoms with Crippen LogP contribution >= 0.6 is 0 Å². The Morgan fingerprint density at radius 1 is 1.15 bits per heavy atom. The van der Waals surface area contributed by atoms with Crippen molar-refractivity contribution in [2.45, 2.75) is 13.3 Å². The van der Waals surface area contributed by atoms with Gasteiger partial charge < -0.3 is 4.57 Å². The number of rotatable bonds is 1. The molecule has 0 aliphatic heterocycles. The summed E-state index contributed by atoms with van der Waals surface area (Å²) in [5.74, 6) is 0. The number of hydrogen-bond acceptors (Lipinski definition) is 0. The van der Waals surface area contributed by atoms with E-state index in [4.69, 9.17) is 0 Å². The molecule has 0 unspecified atom stereocenters. The Morgan fingerprint density at radius 2 is 1.92 bits per heavy atom. The molecule has 1 aliphatic rings. The van der Waals surface area contributed by atoms with Crippen LogP contribution < -0.4 is 0 Å². The van der Waals surface area contributed by atoms with Crippen molar-refractivity contribution in [3.8, 4) is 0 Å². The molecular weight excluding hydrogens is 158 g/mol. The normalized spacial score (nSPS) is 16.4. The maximum absolute atomic E-state index is 2.18. The van der Waals surface area contributed by atoms with Crippen LogP contribution in [0.3, 0.4) is 0 Å². The molecule has 0 N–H and O–H groups in total. The topological polar surface area (TPSA) is 4.93 Å². The summed E-state index contributed by atoms with van der Waals surface area (Å²) >= 11 is 0. The van der Waals surface area contributed by atoms with Crippen molar-refractivity contribution in [2.24, 2.45) is 0 Å². The van der Waals surface area contributed by atoms with Gasteiger partial charge in [-0.25, -0.2) is 0 Å². The molecule has 1 aromatic heterocycles. The molecule has 0 radical (unpaired) electrons. The van der Waals surface area contributed by atoms with E-state index in [-0.39, 0.29) is 0 Å². The standard InChI is InChI=1S/C12H13N/c1-11-7-3-2-4-8-12(11)13-9-5-6-10-13/h2-6,8-10H,7H2,1H3. The van der Waals surface area contributed by atoms with E-state index in [9.17, 15) is 0 Å². The lowest BCUT2D eigenvalue weighted by molar-refractivity contribution is 1.08. The second-order valence-electron chi connectivity index (χ2n) is 3.25. The lowest BCUT2D eigenvalue weighted by Gasteiger charge is -2.07. The first-order valence-corrected chi connectivity index (χ1v) is 4.54. The third-order valence-electron chi connectivity index (χ3n) is 2.25. The summed E-state index contributed by atoms with van der Waals surface area (Å²) < 4.78 is 2.15. The minimum Gasteiger partial charge on any atom is -0.324 e. The molecule has 1 aliphatic carbocycles. The van der Waals surface area contributed by atoms with Crippen LogP contribution in [0.5, 0.6) is 0 Å². The molecule has 1 nitrogen and oxygen atoms in total. The Kier molecular flexibility index (Phi) is 2.17. The lowest BCUT2D eigenvalue weighted by Crippen LogP contribution is -1.93. The average Bonchev–Trinajstić information content (AvgIpc) is 2.56. The van der Waals surface area contributed by atoms with Gasteiger partial charge in [0.1, 0.15) is 0 Å². The first-order valence-electron chi connectivity index (χ1n) is 4.54. The van der Waals surface area contributed by atoms with Crippen LogP contribution in [0.25, 0.3) is 5.70 Å². The second-order valence-corrected chi connectivity index (χ2v) is 3.25. The molecule has 13 heavy (non-hydrogen) atoms. The maximum Gasteiger partial charge on any atom is 0.0441 e. The molecule has 0 bridgehead atoms. The van der Waals surface area contributed by atoms with Crippen LogP contribution in [-0.2, 0) is 0 Å². The number of aromatic nitrogens is 1. The van der Waals surface area contributed by atoms with Crippen LogP contribution in [0.2, 0.25) is 0 Å². The van der Waals surface area contributed by atoms with Crippen LogP contribution in [0.15, 0.2) is 54.4 Å². The molecule has 0 amide bonds. The predicted octanol–water partition coefficient (Wildman–Crippen LogP) is 3.24. The van der Waals surface area contributed by atoms with Crippen molar-refractivity contribution in [1.29, 1.82) is 0 Å². The summed E-state index contributed by atoms with van der Waals surface area (Å²) in [6, 6.07) is 4.10. The SMILES string of the molecule is CC1=C(n2cccc2)C=CC=CC1. The Balaban J connectivity index is 2.42. The molecule has 0 atom stereocenters. The lowest BCUT2D eigenvalue weighted by atomic mass is 10.2. The number of allylic oxidation sites excluding steroid dienone is 6. The molecule has 1 aromatic rings. The second kappa shape index (κ2) is 3.48. The highest BCUT2D eigenvalue weighted by Gasteiger charge is 2.00. The van der Waals surface area contributed by atoms with Gasteiger partial charge in [-0.05, 0) is 37.1 Å². The first-order chi connectivity index (χ1) is 6.38. The van der Waals surface area contributed by atoms with Crippen molar-refractivity contribution in [3.63, 3.8) is 0 Å². The molecule has 1 heteroatoms. The fraction of sp³-hybridized carbons (Fsp3) is 0.167. The Labute approximate surface area is 78.7 Å². The van der Waals surface area contributed by atoms with Gasteiger partial charge in [0.25, 0.3) is 0 Å². The van der Waals surface area contributed by atoms with E-state index in [0.29, 0.717) is 0 Å². The van der Waals surface area contributed by atoms with E-state index in [1.807, 2.05) is 12.1 Å². The fourth-order valence-corrected chi connectivity index (χ4v) is 1.52. The molecule has 2 rings (SSSR count). The Bertz CT molecular complexity index is 364. The summed E-state index contributed by atoms with van der Waals surface area (Å²) in [6.07, 6.45) is 13.7. The zero-order chi connectivity index (χ0) is 9.10. The van der Waals surface area contributed by atoms with Gasteiger partial charge >= 0.3 is 0 Å². The highest BCUT2D eigenvalue weighted by atomic mass is 14.9. The van der Waals surface area contributed by atoms with Crippen molar-refractivity contribution >= 4 is 5.70 Å².